The highest BCUT2D eigenvalue weighted by atomic mass is 16.3. The van der Waals surface area contributed by atoms with Gasteiger partial charge >= 0.3 is 0 Å². The van der Waals surface area contributed by atoms with Gasteiger partial charge in [0.25, 0.3) is 0 Å². The minimum atomic E-state index is -0.881. The second-order valence-electron chi connectivity index (χ2n) is 8.35. The Morgan fingerprint density at radius 2 is 2.16 bits per heavy atom. The molecular weight excluding hydrogens is 310 g/mol. The summed E-state index contributed by atoms with van der Waals surface area (Å²) in [5, 5.41) is 20.7. The van der Waals surface area contributed by atoms with Gasteiger partial charge in [-0.25, -0.2) is 0 Å². The van der Waals surface area contributed by atoms with Crippen LogP contribution >= 0.6 is 0 Å². The molecule has 0 aromatic rings. The number of hydrogen-bond acceptors (Lipinski definition) is 3. The molecule has 0 aromatic heterocycles. The molecule has 0 radical (unpaired) electrons. The van der Waals surface area contributed by atoms with Crippen molar-refractivity contribution in [2.24, 2.45) is 17.3 Å². The molecule has 0 bridgehead atoms. The molecule has 3 nitrogen and oxygen atoms in total. The number of rotatable bonds is 3. The van der Waals surface area contributed by atoms with Crippen LogP contribution in [0.1, 0.15) is 64.7 Å². The van der Waals surface area contributed by atoms with E-state index in [-0.39, 0.29) is 17.6 Å². The smallest absolute Gasteiger partial charge is 0.156 e. The van der Waals surface area contributed by atoms with Crippen molar-refractivity contribution >= 4 is 5.78 Å². The van der Waals surface area contributed by atoms with E-state index in [2.05, 4.69) is 25.1 Å². The molecule has 0 amide bonds. The van der Waals surface area contributed by atoms with Crippen molar-refractivity contribution in [2.45, 2.75) is 70.3 Å². The normalized spacial score (nSPS) is 39.4. The average Bonchev–Trinajstić information content (AvgIpc) is 2.88. The zero-order valence-electron chi connectivity index (χ0n) is 15.1. The number of nitriles is 1. The van der Waals surface area contributed by atoms with E-state index in [9.17, 15) is 15.2 Å². The molecule has 3 heteroatoms. The Morgan fingerprint density at radius 1 is 1.32 bits per heavy atom. The van der Waals surface area contributed by atoms with Crippen LogP contribution in [0.4, 0.5) is 0 Å². The molecule has 132 valence electrons. The lowest BCUT2D eigenvalue weighted by Crippen LogP contribution is -2.49. The van der Waals surface area contributed by atoms with Gasteiger partial charge in [0.1, 0.15) is 0 Å². The summed E-state index contributed by atoms with van der Waals surface area (Å²) in [6.45, 7) is 2.17. The number of hydrogen-bond donors (Lipinski definition) is 1. The summed E-state index contributed by atoms with van der Waals surface area (Å²) in [6, 6.07) is 2.25. The lowest BCUT2D eigenvalue weighted by atomic mass is 9.55. The molecule has 1 fully saturated rings. The van der Waals surface area contributed by atoms with Crippen molar-refractivity contribution in [2.75, 3.05) is 0 Å². The van der Waals surface area contributed by atoms with Crippen molar-refractivity contribution in [3.8, 4) is 6.07 Å². The Kier molecular flexibility index (Phi) is 4.00. The fraction of sp³-hybridized carbons (Fsp3) is 0.636. The molecule has 4 atom stereocenters. The highest BCUT2D eigenvalue weighted by molar-refractivity contribution is 5.93. The summed E-state index contributed by atoms with van der Waals surface area (Å²) in [5.74, 6) is 1.17. The Labute approximate surface area is 150 Å². The zero-order valence-corrected chi connectivity index (χ0v) is 15.1. The van der Waals surface area contributed by atoms with E-state index in [0.29, 0.717) is 18.3 Å². The molecule has 1 saturated carbocycles. The van der Waals surface area contributed by atoms with Gasteiger partial charge in [-0.1, -0.05) is 25.5 Å². The predicted octanol–water partition coefficient (Wildman–Crippen LogP) is 4.39. The van der Waals surface area contributed by atoms with Gasteiger partial charge in [-0.05, 0) is 73.2 Å². The van der Waals surface area contributed by atoms with Crippen molar-refractivity contribution in [1.82, 2.24) is 0 Å². The van der Waals surface area contributed by atoms with Crippen LogP contribution in [0, 0.1) is 28.6 Å². The predicted molar refractivity (Wildman–Crippen MR) is 96.5 cm³/mol. The van der Waals surface area contributed by atoms with E-state index in [0.717, 1.165) is 44.9 Å². The summed E-state index contributed by atoms with van der Waals surface area (Å²) in [4.78, 5) is 11.8. The molecular formula is C22H27NO2. The van der Waals surface area contributed by atoms with Crippen molar-refractivity contribution in [3.05, 3.63) is 34.9 Å². The first kappa shape index (κ1) is 16.8. The Hall–Kier alpha value is -1.66. The highest BCUT2D eigenvalue weighted by Crippen LogP contribution is 2.63. The number of ketones is 1. The summed E-state index contributed by atoms with van der Waals surface area (Å²) in [7, 11) is 0. The molecule has 0 saturated heterocycles. The zero-order chi connectivity index (χ0) is 17.7. The van der Waals surface area contributed by atoms with Crippen molar-refractivity contribution in [3.63, 3.8) is 0 Å². The van der Waals surface area contributed by atoms with Crippen molar-refractivity contribution in [1.29, 1.82) is 5.26 Å². The Balaban J connectivity index is 1.82. The maximum atomic E-state index is 11.8. The summed E-state index contributed by atoms with van der Waals surface area (Å²) >= 11 is 0. The molecule has 0 aliphatic heterocycles. The van der Waals surface area contributed by atoms with Gasteiger partial charge in [-0.15, -0.1) is 0 Å². The number of carbonyl (C=O) groups is 1. The summed E-state index contributed by atoms with van der Waals surface area (Å²) < 4.78 is 0. The fourth-order valence-corrected chi connectivity index (χ4v) is 6.25. The number of carbonyl (C=O) groups excluding carboxylic acids is 1. The largest absolute Gasteiger partial charge is 0.388 e. The minimum absolute atomic E-state index is 0.228. The summed E-state index contributed by atoms with van der Waals surface area (Å²) in [6.07, 6.45) is 13.9. The molecule has 4 aliphatic rings. The van der Waals surface area contributed by atoms with E-state index in [1.165, 1.54) is 16.7 Å². The van der Waals surface area contributed by atoms with Crippen LogP contribution in [0.15, 0.2) is 34.9 Å². The molecule has 0 spiro atoms. The lowest BCUT2D eigenvalue weighted by molar-refractivity contribution is -0.114. The number of fused-ring (bicyclic) bond motifs is 4. The van der Waals surface area contributed by atoms with Crippen LogP contribution < -0.4 is 0 Å². The number of nitrogens with zero attached hydrogens (tertiary/aromatic N) is 1. The SMILES string of the molecule is CCC[C@]12C=CC3=C4CCC(=O)C=C4CC[C@H]3[C@@H]1CC[C@@]2(O)CC#N. The second kappa shape index (κ2) is 5.95. The Bertz CT molecular complexity index is 738. The van der Waals surface area contributed by atoms with Crippen LogP contribution in [-0.2, 0) is 4.79 Å². The van der Waals surface area contributed by atoms with Gasteiger partial charge < -0.3 is 5.11 Å². The molecule has 1 N–H and O–H groups in total. The fourth-order valence-electron chi connectivity index (χ4n) is 6.25. The third kappa shape index (κ3) is 2.30. The molecule has 4 aliphatic carbocycles. The standard InChI is InChI=1S/C22H27NO2/c1-2-9-21-10-7-18-17-6-4-16(24)14-15(17)3-5-19(18)20(21)8-11-22(21,25)12-13-23/h7,10,14,19-20,25H,2-6,8-9,11-12H2,1H3/t19-,20+,21+,22-/m1/s1. The first-order valence-corrected chi connectivity index (χ1v) is 9.80. The van der Waals surface area contributed by atoms with E-state index in [1.54, 1.807) is 0 Å². The number of allylic oxidation sites excluding steroid dienone is 5. The van der Waals surface area contributed by atoms with Crippen molar-refractivity contribution < 1.29 is 9.90 Å². The van der Waals surface area contributed by atoms with Crippen LogP contribution in [0.5, 0.6) is 0 Å². The van der Waals surface area contributed by atoms with Gasteiger partial charge in [0.05, 0.1) is 18.1 Å². The minimum Gasteiger partial charge on any atom is -0.388 e. The van der Waals surface area contributed by atoms with E-state index < -0.39 is 5.60 Å². The molecule has 0 unspecified atom stereocenters. The van der Waals surface area contributed by atoms with Crippen LogP contribution in [0.25, 0.3) is 0 Å². The van der Waals surface area contributed by atoms with Crippen LogP contribution in [0.3, 0.4) is 0 Å². The Morgan fingerprint density at radius 3 is 2.92 bits per heavy atom. The van der Waals surface area contributed by atoms with E-state index >= 15 is 0 Å². The third-order valence-corrected chi connectivity index (χ3v) is 7.30. The molecule has 0 heterocycles. The monoisotopic (exact) mass is 337 g/mol. The quantitative estimate of drug-likeness (QED) is 0.830. The van der Waals surface area contributed by atoms with Crippen LogP contribution in [-0.4, -0.2) is 16.5 Å². The maximum absolute atomic E-state index is 11.8. The van der Waals surface area contributed by atoms with Crippen LogP contribution in [0.2, 0.25) is 0 Å². The van der Waals surface area contributed by atoms with E-state index in [4.69, 9.17) is 0 Å². The van der Waals surface area contributed by atoms with Gasteiger partial charge in [-0.2, -0.15) is 5.26 Å². The van der Waals surface area contributed by atoms with Gasteiger partial charge in [-0.3, -0.25) is 4.79 Å². The first-order chi connectivity index (χ1) is 12.0. The average molecular weight is 337 g/mol. The van der Waals surface area contributed by atoms with E-state index in [1.807, 2.05) is 6.08 Å². The molecule has 4 rings (SSSR count). The third-order valence-electron chi connectivity index (χ3n) is 7.30. The first-order valence-electron chi connectivity index (χ1n) is 9.80. The van der Waals surface area contributed by atoms with Gasteiger partial charge in [0, 0.05) is 11.8 Å². The molecule has 0 aromatic carbocycles. The number of aliphatic hydroxyl groups is 1. The summed E-state index contributed by atoms with van der Waals surface area (Å²) in [5.41, 5.74) is 2.93. The lowest BCUT2D eigenvalue weighted by Gasteiger charge is -2.50. The second-order valence-corrected chi connectivity index (χ2v) is 8.35. The van der Waals surface area contributed by atoms with Gasteiger partial charge in [0.2, 0.25) is 0 Å². The maximum Gasteiger partial charge on any atom is 0.156 e. The highest BCUT2D eigenvalue weighted by Gasteiger charge is 2.60. The molecule has 25 heavy (non-hydrogen) atoms. The topological polar surface area (TPSA) is 61.1 Å². The van der Waals surface area contributed by atoms with Gasteiger partial charge in [0.15, 0.2) is 5.78 Å².